The molecule has 2 atom stereocenters. The molecule has 0 saturated carbocycles. The molecule has 22 heavy (non-hydrogen) atoms. The fourth-order valence-corrected chi connectivity index (χ4v) is 3.16. The van der Waals surface area contributed by atoms with E-state index in [1.807, 2.05) is 12.3 Å². The van der Waals surface area contributed by atoms with Gasteiger partial charge in [0.1, 0.15) is 5.82 Å². The van der Waals surface area contributed by atoms with E-state index < -0.39 is 0 Å². The number of piperidine rings is 1. The molecule has 1 aromatic rings. The number of pyridine rings is 1. The summed E-state index contributed by atoms with van der Waals surface area (Å²) in [7, 11) is 1.67. The zero-order chi connectivity index (χ0) is 15.9. The highest BCUT2D eigenvalue weighted by molar-refractivity contribution is 7.80. The van der Waals surface area contributed by atoms with Crippen molar-refractivity contribution < 1.29 is 4.74 Å². The molecule has 122 valence electrons. The number of hydrogen-bond acceptors (Lipinski definition) is 4. The molecule has 0 amide bonds. The molecule has 1 saturated heterocycles. The number of methoxy groups -OCH3 is 1. The lowest BCUT2D eigenvalue weighted by Gasteiger charge is -2.35. The van der Waals surface area contributed by atoms with E-state index in [9.17, 15) is 0 Å². The molecule has 6 heteroatoms. The van der Waals surface area contributed by atoms with Crippen LogP contribution in [0.1, 0.15) is 20.3 Å². The molecular weight excluding hydrogens is 296 g/mol. The van der Waals surface area contributed by atoms with Crippen molar-refractivity contribution >= 4 is 28.8 Å². The van der Waals surface area contributed by atoms with Crippen molar-refractivity contribution in [2.75, 3.05) is 43.6 Å². The van der Waals surface area contributed by atoms with Gasteiger partial charge in [-0.1, -0.05) is 13.8 Å². The summed E-state index contributed by atoms with van der Waals surface area (Å²) < 4.78 is 4.97. The summed E-state index contributed by atoms with van der Waals surface area (Å²) >= 11 is 5.22. The van der Waals surface area contributed by atoms with Gasteiger partial charge in [-0.3, -0.25) is 0 Å². The Morgan fingerprint density at radius 1 is 1.36 bits per heavy atom. The van der Waals surface area contributed by atoms with Gasteiger partial charge >= 0.3 is 0 Å². The Labute approximate surface area is 138 Å². The third kappa shape index (κ3) is 5.10. The summed E-state index contributed by atoms with van der Waals surface area (Å²) in [6.07, 6.45) is 3.14. The van der Waals surface area contributed by atoms with Crippen molar-refractivity contribution in [3.8, 4) is 0 Å². The molecule has 0 spiro atoms. The number of ether oxygens (including phenoxy) is 1. The number of nitrogens with zero attached hydrogens (tertiary/aromatic N) is 2. The van der Waals surface area contributed by atoms with Crippen LogP contribution in [0.25, 0.3) is 0 Å². The first-order valence-corrected chi connectivity index (χ1v) is 8.24. The number of thiocarbonyl (C=S) groups is 1. The molecule has 0 bridgehead atoms. The molecule has 0 aliphatic carbocycles. The Balaban J connectivity index is 1.88. The molecule has 0 aromatic carbocycles. The van der Waals surface area contributed by atoms with Crippen LogP contribution >= 0.6 is 12.2 Å². The van der Waals surface area contributed by atoms with Gasteiger partial charge in [0, 0.05) is 26.7 Å². The highest BCUT2D eigenvalue weighted by Gasteiger charge is 2.22. The minimum absolute atomic E-state index is 0.590. The number of rotatable bonds is 5. The third-order valence-corrected chi connectivity index (χ3v) is 4.04. The predicted octanol–water partition coefficient (Wildman–Crippen LogP) is 2.50. The van der Waals surface area contributed by atoms with Gasteiger partial charge in [-0.2, -0.15) is 0 Å². The summed E-state index contributed by atoms with van der Waals surface area (Å²) in [6.45, 7) is 8.11. The van der Waals surface area contributed by atoms with Crippen LogP contribution < -0.4 is 15.5 Å². The van der Waals surface area contributed by atoms with Gasteiger partial charge in [0.25, 0.3) is 0 Å². The standard InChI is InChI=1S/C16H26N4OS/c1-12-8-13(2)11-20(10-12)15-5-4-14(9-18-15)19-16(22)17-6-7-21-3/h4-5,9,12-13H,6-8,10-11H2,1-3H3,(H2,17,19,22)/t12-,13-/m0/s1. The quantitative estimate of drug-likeness (QED) is 0.642. The van der Waals surface area contributed by atoms with E-state index in [4.69, 9.17) is 17.0 Å². The van der Waals surface area contributed by atoms with E-state index in [0.717, 1.165) is 36.4 Å². The zero-order valence-electron chi connectivity index (χ0n) is 13.6. The molecule has 2 rings (SSSR count). The number of aromatic nitrogens is 1. The normalized spacial score (nSPS) is 21.5. The van der Waals surface area contributed by atoms with Crippen LogP contribution in [0, 0.1) is 11.8 Å². The summed E-state index contributed by atoms with van der Waals surface area (Å²) in [6, 6.07) is 4.08. The van der Waals surface area contributed by atoms with Crippen LogP contribution in [0.5, 0.6) is 0 Å². The van der Waals surface area contributed by atoms with E-state index in [-0.39, 0.29) is 0 Å². The maximum Gasteiger partial charge on any atom is 0.170 e. The van der Waals surface area contributed by atoms with Crippen molar-refractivity contribution in [3.05, 3.63) is 18.3 Å². The average Bonchev–Trinajstić information content (AvgIpc) is 2.47. The van der Waals surface area contributed by atoms with Crippen molar-refractivity contribution in [1.82, 2.24) is 10.3 Å². The van der Waals surface area contributed by atoms with Gasteiger partial charge in [-0.05, 0) is 42.6 Å². The number of hydrogen-bond donors (Lipinski definition) is 2. The molecular formula is C16H26N4OS. The van der Waals surface area contributed by atoms with E-state index in [2.05, 4.69) is 40.4 Å². The maximum atomic E-state index is 5.22. The number of anilines is 2. The van der Waals surface area contributed by atoms with Crippen molar-refractivity contribution in [2.24, 2.45) is 11.8 Å². The van der Waals surface area contributed by atoms with Crippen molar-refractivity contribution in [1.29, 1.82) is 0 Å². The second kappa shape index (κ2) is 8.29. The summed E-state index contributed by atoms with van der Waals surface area (Å²) in [4.78, 5) is 6.94. The van der Waals surface area contributed by atoms with E-state index >= 15 is 0 Å². The highest BCUT2D eigenvalue weighted by atomic mass is 32.1. The topological polar surface area (TPSA) is 49.4 Å². The second-order valence-corrected chi connectivity index (χ2v) is 6.54. The zero-order valence-corrected chi connectivity index (χ0v) is 14.4. The lowest BCUT2D eigenvalue weighted by atomic mass is 9.92. The molecule has 0 unspecified atom stereocenters. The van der Waals surface area contributed by atoms with Gasteiger partial charge in [-0.15, -0.1) is 0 Å². The molecule has 5 nitrogen and oxygen atoms in total. The van der Waals surface area contributed by atoms with Crippen LogP contribution in [0.4, 0.5) is 11.5 Å². The van der Waals surface area contributed by atoms with Gasteiger partial charge in [0.05, 0.1) is 18.5 Å². The SMILES string of the molecule is COCCNC(=S)Nc1ccc(N2C[C@@H](C)C[C@H](C)C2)nc1. The van der Waals surface area contributed by atoms with Crippen molar-refractivity contribution in [2.45, 2.75) is 20.3 Å². The summed E-state index contributed by atoms with van der Waals surface area (Å²) in [5, 5.41) is 6.80. The Morgan fingerprint density at radius 3 is 2.68 bits per heavy atom. The third-order valence-electron chi connectivity index (χ3n) is 3.79. The minimum atomic E-state index is 0.590. The second-order valence-electron chi connectivity index (χ2n) is 6.13. The molecule has 1 fully saturated rings. The first-order chi connectivity index (χ1) is 10.6. The van der Waals surface area contributed by atoms with Crippen LogP contribution in [-0.4, -0.2) is 43.4 Å². The van der Waals surface area contributed by atoms with Crippen LogP contribution in [0.15, 0.2) is 18.3 Å². The Bertz CT molecular complexity index is 470. The molecule has 1 aromatic heterocycles. The molecule has 2 N–H and O–H groups in total. The Morgan fingerprint density at radius 2 is 2.09 bits per heavy atom. The minimum Gasteiger partial charge on any atom is -0.383 e. The van der Waals surface area contributed by atoms with Gasteiger partial charge in [0.15, 0.2) is 5.11 Å². The molecule has 1 aliphatic rings. The van der Waals surface area contributed by atoms with Crippen molar-refractivity contribution in [3.63, 3.8) is 0 Å². The summed E-state index contributed by atoms with van der Waals surface area (Å²) in [5.41, 5.74) is 0.900. The Kier molecular flexibility index (Phi) is 6.39. The molecule has 1 aliphatic heterocycles. The number of nitrogens with one attached hydrogen (secondary N) is 2. The maximum absolute atomic E-state index is 5.22. The highest BCUT2D eigenvalue weighted by Crippen LogP contribution is 2.25. The van der Waals surface area contributed by atoms with Gasteiger partial charge in [0.2, 0.25) is 0 Å². The fourth-order valence-electron chi connectivity index (χ4n) is 2.94. The first-order valence-electron chi connectivity index (χ1n) is 7.83. The molecule has 2 heterocycles. The lowest BCUT2D eigenvalue weighted by molar-refractivity contribution is 0.204. The molecule has 0 radical (unpaired) electrons. The predicted molar refractivity (Wildman–Crippen MR) is 95.5 cm³/mol. The van der Waals surface area contributed by atoms with E-state index in [0.29, 0.717) is 18.3 Å². The van der Waals surface area contributed by atoms with E-state index in [1.165, 1.54) is 6.42 Å². The average molecular weight is 322 g/mol. The largest absolute Gasteiger partial charge is 0.383 e. The van der Waals surface area contributed by atoms with Gasteiger partial charge < -0.3 is 20.3 Å². The lowest BCUT2D eigenvalue weighted by Crippen LogP contribution is -2.39. The van der Waals surface area contributed by atoms with Crippen LogP contribution in [0.2, 0.25) is 0 Å². The monoisotopic (exact) mass is 322 g/mol. The Hall–Kier alpha value is -1.40. The first kappa shape index (κ1) is 17.0. The van der Waals surface area contributed by atoms with Crippen LogP contribution in [0.3, 0.4) is 0 Å². The fraction of sp³-hybridized carbons (Fsp3) is 0.625. The summed E-state index contributed by atoms with van der Waals surface area (Å²) in [5.74, 6) is 2.49. The van der Waals surface area contributed by atoms with Gasteiger partial charge in [-0.25, -0.2) is 4.98 Å². The smallest absolute Gasteiger partial charge is 0.170 e. The van der Waals surface area contributed by atoms with Crippen LogP contribution in [-0.2, 0) is 4.74 Å². The van der Waals surface area contributed by atoms with E-state index in [1.54, 1.807) is 7.11 Å².